The van der Waals surface area contributed by atoms with Gasteiger partial charge in [-0.05, 0) is 77.9 Å². The van der Waals surface area contributed by atoms with E-state index in [1.807, 2.05) is 84.9 Å². The zero-order chi connectivity index (χ0) is 29.0. The number of carbonyl (C=O) groups excluding carboxylic acids is 1. The van der Waals surface area contributed by atoms with Crippen LogP contribution in [0, 0.1) is 6.92 Å². The van der Waals surface area contributed by atoms with E-state index in [1.165, 1.54) is 22.7 Å². The van der Waals surface area contributed by atoms with Gasteiger partial charge in [0.1, 0.15) is 20.1 Å². The van der Waals surface area contributed by atoms with E-state index in [2.05, 4.69) is 10.3 Å². The van der Waals surface area contributed by atoms with E-state index < -0.39 is 10.1 Å². The molecule has 0 atom stereocenters. The maximum Gasteiger partial charge on any atom is 0.256 e. The van der Waals surface area contributed by atoms with Crippen LogP contribution in [0.4, 0.5) is 5.69 Å². The fourth-order valence-corrected chi connectivity index (χ4v) is 8.29. The summed E-state index contributed by atoms with van der Waals surface area (Å²) >= 11 is 2.72. The van der Waals surface area contributed by atoms with Crippen LogP contribution in [-0.4, -0.2) is 28.8 Å². The molecule has 0 saturated heterocycles. The summed E-state index contributed by atoms with van der Waals surface area (Å²) in [4.78, 5) is 22.2. The van der Waals surface area contributed by atoms with E-state index in [1.54, 1.807) is 19.1 Å². The topological polar surface area (TPSA) is 149 Å². The highest BCUT2D eigenvalue weighted by Crippen LogP contribution is 2.38. The summed E-state index contributed by atoms with van der Waals surface area (Å²) in [6.45, 7) is 1.61. The molecule has 0 aliphatic rings. The van der Waals surface area contributed by atoms with Crippen molar-refractivity contribution in [1.82, 2.24) is 16.1 Å². The number of hydrogen-bond acceptors (Lipinski definition) is 8. The molecule has 0 fully saturated rings. The zero-order valence-electron chi connectivity index (χ0n) is 23.0. The minimum atomic E-state index is -4.63. The molecular weight excluding hydrogens is 601 g/mol. The second-order valence-corrected chi connectivity index (χ2v) is 13.1. The lowest BCUT2D eigenvalue weighted by atomic mass is 10.0. The Kier molecular flexibility index (Phi) is 7.28. The van der Waals surface area contributed by atoms with Crippen molar-refractivity contribution >= 4 is 75.6 Å². The summed E-state index contributed by atoms with van der Waals surface area (Å²) in [5, 5.41) is 6.36. The Labute approximate surface area is 255 Å². The van der Waals surface area contributed by atoms with Gasteiger partial charge in [0.25, 0.3) is 5.91 Å². The van der Waals surface area contributed by atoms with Crippen molar-refractivity contribution in [2.45, 2.75) is 11.8 Å². The second kappa shape index (κ2) is 11.0. The first kappa shape index (κ1) is 28.6. The summed E-state index contributed by atoms with van der Waals surface area (Å²) in [5.74, 6) is -0.169. The van der Waals surface area contributed by atoms with Crippen LogP contribution in [-0.2, 0) is 10.1 Å². The van der Waals surface area contributed by atoms with Gasteiger partial charge in [0.05, 0.1) is 25.3 Å². The molecule has 5 aromatic carbocycles. The van der Waals surface area contributed by atoms with Crippen LogP contribution in [0.3, 0.4) is 0 Å². The molecule has 0 aliphatic heterocycles. The normalized spacial score (nSPS) is 11.6. The number of fused-ring (bicyclic) bond motifs is 3. The molecule has 1 amide bonds. The third kappa shape index (κ3) is 5.29. The van der Waals surface area contributed by atoms with Crippen molar-refractivity contribution < 1.29 is 17.8 Å². The van der Waals surface area contributed by atoms with Gasteiger partial charge in [-0.25, -0.2) is 18.4 Å². The van der Waals surface area contributed by atoms with Crippen LogP contribution in [0.15, 0.2) is 102 Å². The Morgan fingerprint density at radius 1 is 0.791 bits per heavy atom. The Balaban J connectivity index is 0.00000329. The van der Waals surface area contributed by atoms with Crippen molar-refractivity contribution in [3.8, 4) is 21.1 Å². The molecular formula is C32H24N4O4S3. The predicted molar refractivity (Wildman–Crippen MR) is 174 cm³/mol. The van der Waals surface area contributed by atoms with Crippen molar-refractivity contribution in [2.24, 2.45) is 0 Å². The summed E-state index contributed by atoms with van der Waals surface area (Å²) in [7, 11) is -4.63. The minimum absolute atomic E-state index is 0. The molecule has 2 aromatic heterocycles. The molecule has 214 valence electrons. The van der Waals surface area contributed by atoms with E-state index in [0.717, 1.165) is 37.1 Å². The third-order valence-electron chi connectivity index (χ3n) is 7.02. The van der Waals surface area contributed by atoms with Crippen molar-refractivity contribution in [2.75, 3.05) is 5.32 Å². The monoisotopic (exact) mass is 624 g/mol. The number of aromatic nitrogens is 2. The highest BCUT2D eigenvalue weighted by molar-refractivity contribution is 7.86. The third-order valence-corrected chi connectivity index (χ3v) is 10.4. The van der Waals surface area contributed by atoms with Gasteiger partial charge in [-0.3, -0.25) is 4.79 Å². The standard InChI is InChI=1S/C32H21N3O4S3.H3N/c1-18-9-15-26-28(29(18)42(37,38)39)41-32(35-26)21-12-16-25-27(17-21)40-31(34-25)20-10-13-22(14-11-20)33-30(36)24-8-4-6-19-5-2-3-7-23(19)24;/h2-17H,1H3,(H,33,36)(H,37,38,39);1H3. The van der Waals surface area contributed by atoms with Gasteiger partial charge in [-0.15, -0.1) is 22.7 Å². The van der Waals surface area contributed by atoms with Gasteiger partial charge >= 0.3 is 0 Å². The molecule has 11 heteroatoms. The van der Waals surface area contributed by atoms with E-state index in [0.29, 0.717) is 32.0 Å². The number of rotatable bonds is 5. The van der Waals surface area contributed by atoms with Crippen LogP contribution >= 0.6 is 22.7 Å². The van der Waals surface area contributed by atoms with E-state index in [-0.39, 0.29) is 17.0 Å². The fraction of sp³-hybridized carbons (Fsp3) is 0.0312. The van der Waals surface area contributed by atoms with Crippen LogP contribution in [0.2, 0.25) is 0 Å². The summed E-state index contributed by atoms with van der Waals surface area (Å²) in [6, 6.07) is 30.2. The molecule has 0 bridgehead atoms. The number of nitrogens with one attached hydrogen (secondary N) is 1. The Hall–Kier alpha value is -4.52. The van der Waals surface area contributed by atoms with Crippen LogP contribution in [0.1, 0.15) is 15.9 Å². The van der Waals surface area contributed by atoms with Gasteiger partial charge in [0, 0.05) is 22.4 Å². The number of hydrogen-bond donors (Lipinski definition) is 2. The highest BCUT2D eigenvalue weighted by Gasteiger charge is 2.17. The van der Waals surface area contributed by atoms with E-state index in [4.69, 9.17) is 4.98 Å². The van der Waals surface area contributed by atoms with Crippen LogP contribution < -0.4 is 11.5 Å². The molecule has 43 heavy (non-hydrogen) atoms. The van der Waals surface area contributed by atoms with Gasteiger partial charge in [-0.1, -0.05) is 42.5 Å². The number of thiazole rings is 2. The number of aryl methyl sites for hydroxylation is 1. The smallest absolute Gasteiger partial charge is 0.256 e. The molecule has 7 aromatic rings. The highest BCUT2D eigenvalue weighted by atomic mass is 32.2. The summed E-state index contributed by atoms with van der Waals surface area (Å²) in [5.41, 5.74) is 4.76. The van der Waals surface area contributed by atoms with E-state index in [9.17, 15) is 17.8 Å². The lowest BCUT2D eigenvalue weighted by Crippen LogP contribution is -2.12. The van der Waals surface area contributed by atoms with Gasteiger partial charge in [-0.2, -0.15) is 0 Å². The number of amides is 1. The molecule has 0 aliphatic carbocycles. The largest absolute Gasteiger partial charge is 0.744 e. The lowest BCUT2D eigenvalue weighted by molar-refractivity contribution is 0.102. The molecule has 5 N–H and O–H groups in total. The Bertz CT molecular complexity index is 2290. The molecule has 8 nitrogen and oxygen atoms in total. The number of nitrogens with zero attached hydrogens (tertiary/aromatic N) is 2. The van der Waals surface area contributed by atoms with Gasteiger partial charge in [0.15, 0.2) is 0 Å². The number of quaternary nitrogens is 1. The zero-order valence-corrected chi connectivity index (χ0v) is 25.4. The van der Waals surface area contributed by atoms with Gasteiger partial charge < -0.3 is 16.0 Å². The molecule has 2 heterocycles. The van der Waals surface area contributed by atoms with Crippen molar-refractivity contribution in [1.29, 1.82) is 0 Å². The van der Waals surface area contributed by atoms with E-state index >= 15 is 0 Å². The summed E-state index contributed by atoms with van der Waals surface area (Å²) < 4.78 is 37.0. The van der Waals surface area contributed by atoms with Crippen LogP contribution in [0.25, 0.3) is 52.3 Å². The van der Waals surface area contributed by atoms with Gasteiger partial charge in [0.2, 0.25) is 0 Å². The lowest BCUT2D eigenvalue weighted by Gasteiger charge is -2.10. The second-order valence-electron chi connectivity index (χ2n) is 9.79. The average molecular weight is 625 g/mol. The summed E-state index contributed by atoms with van der Waals surface area (Å²) in [6.07, 6.45) is 0. The first-order valence-electron chi connectivity index (χ1n) is 12.9. The Morgan fingerprint density at radius 3 is 2.26 bits per heavy atom. The molecule has 0 spiro atoms. The quantitative estimate of drug-likeness (QED) is 0.184. The number of anilines is 1. The molecule has 0 unspecified atom stereocenters. The molecule has 7 rings (SSSR count). The van der Waals surface area contributed by atoms with Crippen molar-refractivity contribution in [3.05, 3.63) is 108 Å². The molecule has 0 radical (unpaired) electrons. The number of benzene rings is 5. The first-order valence-corrected chi connectivity index (χ1v) is 16.0. The minimum Gasteiger partial charge on any atom is -0.744 e. The van der Waals surface area contributed by atoms with Crippen LogP contribution in [0.5, 0.6) is 0 Å². The maximum atomic E-state index is 13.0. The first-order chi connectivity index (χ1) is 20.2. The predicted octanol–water partition coefficient (Wildman–Crippen LogP) is 8.23. The maximum absolute atomic E-state index is 13.0. The Morgan fingerprint density at radius 2 is 1.47 bits per heavy atom. The fourth-order valence-electron chi connectivity index (χ4n) is 5.00. The SMILES string of the molecule is Cc1ccc2nc(-c3ccc4nc(-c5ccc(NC(=O)c6cccc7ccccc67)cc5)sc4c3)sc2c1S(=O)(=O)[O-].[NH4+]. The number of carbonyl (C=O) groups is 1. The van der Waals surface area contributed by atoms with Crippen molar-refractivity contribution in [3.63, 3.8) is 0 Å². The average Bonchev–Trinajstić information content (AvgIpc) is 3.60. The molecule has 0 saturated carbocycles.